The molecule has 1 amide bonds. The number of amides is 1. The van der Waals surface area contributed by atoms with Crippen LogP contribution in [0.3, 0.4) is 0 Å². The first-order valence-electron chi connectivity index (χ1n) is 6.55. The highest BCUT2D eigenvalue weighted by Gasteiger charge is 2.35. The summed E-state index contributed by atoms with van der Waals surface area (Å²) in [4.78, 5) is 12.5. The highest BCUT2D eigenvalue weighted by atomic mass is 32.1. The lowest BCUT2D eigenvalue weighted by molar-refractivity contribution is -0.127. The quantitative estimate of drug-likeness (QED) is 0.786. The summed E-state index contributed by atoms with van der Waals surface area (Å²) < 4.78 is 0. The van der Waals surface area contributed by atoms with Gasteiger partial charge in [-0.2, -0.15) is 0 Å². The van der Waals surface area contributed by atoms with Gasteiger partial charge in [-0.1, -0.05) is 49.5 Å². The van der Waals surface area contributed by atoms with Crippen molar-refractivity contribution in [3.05, 3.63) is 35.9 Å². The summed E-state index contributed by atoms with van der Waals surface area (Å²) in [6.07, 6.45) is 1.40. The van der Waals surface area contributed by atoms with Crippen molar-refractivity contribution in [2.24, 2.45) is 11.1 Å². The largest absolute Gasteiger partial charge is 0.392 e. The standard InChI is InChI=1S/C15H22N2OS/c1-4-15(3,13(16)19)14(18)17-11(2)10-12-8-6-5-7-9-12/h5-9,11H,4,10H2,1-3H3,(H2,16,19)(H,17,18). The van der Waals surface area contributed by atoms with Crippen LogP contribution in [0.4, 0.5) is 0 Å². The lowest BCUT2D eigenvalue weighted by Crippen LogP contribution is -2.49. The minimum absolute atomic E-state index is 0.0510. The van der Waals surface area contributed by atoms with Gasteiger partial charge in [-0.15, -0.1) is 0 Å². The van der Waals surface area contributed by atoms with Gasteiger partial charge in [0.2, 0.25) is 5.91 Å². The molecule has 1 aromatic carbocycles. The fourth-order valence-corrected chi connectivity index (χ4v) is 2.09. The molecule has 104 valence electrons. The Bertz CT molecular complexity index is 447. The maximum Gasteiger partial charge on any atom is 0.232 e. The molecular formula is C15H22N2OS. The van der Waals surface area contributed by atoms with Crippen LogP contribution in [0.25, 0.3) is 0 Å². The van der Waals surface area contributed by atoms with Gasteiger partial charge in [-0.05, 0) is 32.3 Å². The fourth-order valence-electron chi connectivity index (χ4n) is 1.85. The van der Waals surface area contributed by atoms with E-state index in [0.29, 0.717) is 6.42 Å². The number of rotatable bonds is 6. The Kier molecular flexibility index (Phi) is 5.48. The predicted octanol–water partition coefficient (Wildman–Crippen LogP) is 2.44. The van der Waals surface area contributed by atoms with Gasteiger partial charge < -0.3 is 11.1 Å². The van der Waals surface area contributed by atoms with Gasteiger partial charge >= 0.3 is 0 Å². The predicted molar refractivity (Wildman–Crippen MR) is 82.9 cm³/mol. The van der Waals surface area contributed by atoms with Crippen molar-refractivity contribution >= 4 is 23.1 Å². The Labute approximate surface area is 120 Å². The smallest absolute Gasteiger partial charge is 0.232 e. The summed E-state index contributed by atoms with van der Waals surface area (Å²) >= 11 is 5.01. The molecule has 2 unspecified atom stereocenters. The van der Waals surface area contributed by atoms with E-state index >= 15 is 0 Å². The molecule has 3 N–H and O–H groups in total. The molecule has 2 atom stereocenters. The number of nitrogens with one attached hydrogen (secondary N) is 1. The molecule has 0 aliphatic rings. The van der Waals surface area contributed by atoms with Gasteiger partial charge in [0.1, 0.15) is 0 Å². The summed E-state index contributed by atoms with van der Waals surface area (Å²) in [5, 5.41) is 2.99. The van der Waals surface area contributed by atoms with Crippen LogP contribution in [0.2, 0.25) is 0 Å². The third-order valence-electron chi connectivity index (χ3n) is 3.51. The zero-order valence-corrected chi connectivity index (χ0v) is 12.6. The Morgan fingerprint density at radius 2 is 2.00 bits per heavy atom. The van der Waals surface area contributed by atoms with Crippen LogP contribution in [0.1, 0.15) is 32.8 Å². The summed E-state index contributed by atoms with van der Waals surface area (Å²) in [5.41, 5.74) is 6.12. The number of carbonyl (C=O) groups is 1. The summed E-state index contributed by atoms with van der Waals surface area (Å²) in [6.45, 7) is 5.70. The number of hydrogen-bond acceptors (Lipinski definition) is 2. The van der Waals surface area contributed by atoms with E-state index in [1.54, 1.807) is 6.92 Å². The second kappa shape index (κ2) is 6.66. The van der Waals surface area contributed by atoms with Crippen LogP contribution in [0, 0.1) is 5.41 Å². The first-order chi connectivity index (χ1) is 8.90. The summed E-state index contributed by atoms with van der Waals surface area (Å²) in [5.74, 6) is -0.0917. The Hall–Kier alpha value is -1.42. The monoisotopic (exact) mass is 278 g/mol. The Morgan fingerprint density at radius 1 is 1.42 bits per heavy atom. The van der Waals surface area contributed by atoms with Crippen molar-refractivity contribution in [2.45, 2.75) is 39.7 Å². The van der Waals surface area contributed by atoms with Gasteiger partial charge in [0.25, 0.3) is 0 Å². The van der Waals surface area contributed by atoms with Crippen molar-refractivity contribution in [1.29, 1.82) is 0 Å². The first-order valence-corrected chi connectivity index (χ1v) is 6.95. The van der Waals surface area contributed by atoms with Crippen LogP contribution >= 0.6 is 12.2 Å². The van der Waals surface area contributed by atoms with E-state index < -0.39 is 5.41 Å². The van der Waals surface area contributed by atoms with E-state index in [4.69, 9.17) is 18.0 Å². The third-order valence-corrected chi connectivity index (χ3v) is 3.96. The van der Waals surface area contributed by atoms with Crippen LogP contribution < -0.4 is 11.1 Å². The van der Waals surface area contributed by atoms with Gasteiger partial charge in [0, 0.05) is 6.04 Å². The Balaban J connectivity index is 2.64. The number of hydrogen-bond donors (Lipinski definition) is 2. The maximum absolute atomic E-state index is 12.3. The van der Waals surface area contributed by atoms with E-state index in [1.807, 2.05) is 32.0 Å². The fraction of sp³-hybridized carbons (Fsp3) is 0.467. The van der Waals surface area contributed by atoms with Crippen LogP contribution in [0.15, 0.2) is 30.3 Å². The van der Waals surface area contributed by atoms with E-state index in [2.05, 4.69) is 17.4 Å². The van der Waals surface area contributed by atoms with E-state index in [0.717, 1.165) is 6.42 Å². The van der Waals surface area contributed by atoms with Crippen LogP contribution in [-0.4, -0.2) is 16.9 Å². The first kappa shape index (κ1) is 15.6. The summed E-state index contributed by atoms with van der Waals surface area (Å²) in [7, 11) is 0. The molecule has 0 heterocycles. The highest BCUT2D eigenvalue weighted by Crippen LogP contribution is 2.22. The number of nitrogens with two attached hydrogens (primary N) is 1. The molecule has 19 heavy (non-hydrogen) atoms. The highest BCUT2D eigenvalue weighted by molar-refractivity contribution is 7.80. The minimum atomic E-state index is -0.764. The van der Waals surface area contributed by atoms with Crippen molar-refractivity contribution in [2.75, 3.05) is 0 Å². The van der Waals surface area contributed by atoms with Gasteiger partial charge in [-0.3, -0.25) is 4.79 Å². The minimum Gasteiger partial charge on any atom is -0.392 e. The van der Waals surface area contributed by atoms with Crippen LogP contribution in [-0.2, 0) is 11.2 Å². The molecule has 0 saturated carbocycles. The molecule has 4 heteroatoms. The Morgan fingerprint density at radius 3 is 2.47 bits per heavy atom. The lowest BCUT2D eigenvalue weighted by Gasteiger charge is -2.27. The van der Waals surface area contributed by atoms with Crippen LogP contribution in [0.5, 0.6) is 0 Å². The molecule has 0 spiro atoms. The average molecular weight is 278 g/mol. The third kappa shape index (κ3) is 4.03. The van der Waals surface area contributed by atoms with Crippen molar-refractivity contribution < 1.29 is 4.79 Å². The maximum atomic E-state index is 12.3. The zero-order valence-electron chi connectivity index (χ0n) is 11.8. The van der Waals surface area contributed by atoms with E-state index in [1.165, 1.54) is 5.56 Å². The van der Waals surface area contributed by atoms with Crippen molar-refractivity contribution in [3.8, 4) is 0 Å². The normalized spacial score (nSPS) is 15.3. The molecule has 0 bridgehead atoms. The van der Waals surface area contributed by atoms with E-state index in [-0.39, 0.29) is 16.9 Å². The van der Waals surface area contributed by atoms with Gasteiger partial charge in [-0.25, -0.2) is 0 Å². The lowest BCUT2D eigenvalue weighted by atomic mass is 9.86. The number of carbonyl (C=O) groups excluding carboxylic acids is 1. The van der Waals surface area contributed by atoms with Gasteiger partial charge in [0.15, 0.2) is 0 Å². The SMILES string of the molecule is CCC(C)(C(=O)NC(C)Cc1ccccc1)C(N)=S. The molecular weight excluding hydrogens is 256 g/mol. The molecule has 0 aromatic heterocycles. The molecule has 0 fully saturated rings. The van der Waals surface area contributed by atoms with Crippen molar-refractivity contribution in [3.63, 3.8) is 0 Å². The molecule has 1 aromatic rings. The summed E-state index contributed by atoms with van der Waals surface area (Å²) in [6, 6.07) is 10.1. The molecule has 1 rings (SSSR count). The van der Waals surface area contributed by atoms with Crippen molar-refractivity contribution in [1.82, 2.24) is 5.32 Å². The van der Waals surface area contributed by atoms with E-state index in [9.17, 15) is 4.79 Å². The topological polar surface area (TPSA) is 55.1 Å². The molecule has 3 nitrogen and oxygen atoms in total. The molecule has 0 aliphatic heterocycles. The second-order valence-corrected chi connectivity index (χ2v) is 5.55. The molecule has 0 saturated heterocycles. The average Bonchev–Trinajstić information content (AvgIpc) is 2.38. The number of thiocarbonyl (C=S) groups is 1. The molecule has 0 aliphatic carbocycles. The van der Waals surface area contributed by atoms with Gasteiger partial charge in [0.05, 0.1) is 10.4 Å². The zero-order chi connectivity index (χ0) is 14.5. The number of benzene rings is 1. The second-order valence-electron chi connectivity index (χ2n) is 5.11. The molecule has 0 radical (unpaired) electrons.